The largest absolute Gasteiger partial charge is 0.373 e. The molecule has 0 amide bonds. The Labute approximate surface area is 77.5 Å². The molecule has 2 fully saturated rings. The van der Waals surface area contributed by atoms with Gasteiger partial charge in [0.1, 0.15) is 6.10 Å². The van der Waals surface area contributed by atoms with Gasteiger partial charge in [-0.25, -0.2) is 0 Å². The van der Waals surface area contributed by atoms with Crippen LogP contribution in [-0.4, -0.2) is 19.3 Å². The molecule has 0 radical (unpaired) electrons. The number of rotatable bonds is 3. The second-order valence-corrected chi connectivity index (χ2v) is 3.72. The first-order valence-corrected chi connectivity index (χ1v) is 4.74. The zero-order valence-corrected chi connectivity index (χ0v) is 7.40. The molecule has 0 spiro atoms. The minimum Gasteiger partial charge on any atom is -0.373 e. The number of benzene rings is 1. The van der Waals surface area contributed by atoms with Crippen molar-refractivity contribution in [3.8, 4) is 0 Å². The van der Waals surface area contributed by atoms with Gasteiger partial charge < -0.3 is 9.47 Å². The summed E-state index contributed by atoms with van der Waals surface area (Å²) < 4.78 is 10.4. The van der Waals surface area contributed by atoms with Crippen LogP contribution in [0.3, 0.4) is 0 Å². The minimum atomic E-state index is 0.381. The molecule has 2 nitrogen and oxygen atoms in total. The van der Waals surface area contributed by atoms with Crippen LogP contribution >= 0.6 is 0 Å². The Balaban J connectivity index is 1.72. The maximum atomic E-state index is 5.20. The lowest BCUT2D eigenvalue weighted by Crippen LogP contribution is -1.92. The Morgan fingerprint density at radius 1 is 1.08 bits per heavy atom. The molecule has 2 aliphatic rings. The number of hydrogen-bond acceptors (Lipinski definition) is 2. The average Bonchev–Trinajstić information content (AvgIpc) is 3.01. The Kier molecular flexibility index (Phi) is 1.64. The van der Waals surface area contributed by atoms with E-state index < -0.39 is 0 Å². The van der Waals surface area contributed by atoms with Crippen LogP contribution in [0.25, 0.3) is 0 Å². The summed E-state index contributed by atoms with van der Waals surface area (Å²) in [5.74, 6) is 0. The van der Waals surface area contributed by atoms with Gasteiger partial charge in [0, 0.05) is 6.42 Å². The van der Waals surface area contributed by atoms with Crippen LogP contribution in [0.5, 0.6) is 0 Å². The standard InChI is InChI=1S/C11H12O2/c1-3-9(11-7-13-11)4-2-8(1)5-10-6-12-10/h1-4,10-11H,5-7H2. The van der Waals surface area contributed by atoms with Crippen molar-refractivity contribution < 1.29 is 9.47 Å². The second-order valence-electron chi connectivity index (χ2n) is 3.72. The molecule has 1 aromatic carbocycles. The predicted octanol–water partition coefficient (Wildman–Crippen LogP) is 1.70. The fourth-order valence-corrected chi connectivity index (χ4v) is 1.56. The van der Waals surface area contributed by atoms with E-state index in [4.69, 9.17) is 9.47 Å². The molecule has 1 aromatic rings. The lowest BCUT2D eigenvalue weighted by Gasteiger charge is -1.99. The Hall–Kier alpha value is -0.860. The van der Waals surface area contributed by atoms with Crippen molar-refractivity contribution in [3.63, 3.8) is 0 Å². The van der Waals surface area contributed by atoms with Gasteiger partial charge in [0.25, 0.3) is 0 Å². The highest BCUT2D eigenvalue weighted by atomic mass is 16.6. The highest BCUT2D eigenvalue weighted by Gasteiger charge is 2.25. The molecule has 13 heavy (non-hydrogen) atoms. The lowest BCUT2D eigenvalue weighted by molar-refractivity contribution is 0.407. The van der Waals surface area contributed by atoms with E-state index in [0.717, 1.165) is 19.6 Å². The van der Waals surface area contributed by atoms with E-state index in [1.54, 1.807) is 0 Å². The topological polar surface area (TPSA) is 25.1 Å². The van der Waals surface area contributed by atoms with Crippen molar-refractivity contribution in [1.29, 1.82) is 0 Å². The molecule has 2 saturated heterocycles. The molecule has 0 aromatic heterocycles. The quantitative estimate of drug-likeness (QED) is 0.655. The van der Waals surface area contributed by atoms with Gasteiger partial charge in [-0.2, -0.15) is 0 Å². The smallest absolute Gasteiger partial charge is 0.106 e. The van der Waals surface area contributed by atoms with Crippen molar-refractivity contribution in [2.45, 2.75) is 18.6 Å². The van der Waals surface area contributed by atoms with Crippen molar-refractivity contribution in [3.05, 3.63) is 35.4 Å². The molecule has 2 atom stereocenters. The van der Waals surface area contributed by atoms with Gasteiger partial charge in [0.2, 0.25) is 0 Å². The number of epoxide rings is 2. The highest BCUT2D eigenvalue weighted by molar-refractivity contribution is 5.26. The molecule has 0 saturated carbocycles. The van der Waals surface area contributed by atoms with Crippen LogP contribution in [0.1, 0.15) is 17.2 Å². The van der Waals surface area contributed by atoms with Gasteiger partial charge in [0.05, 0.1) is 19.3 Å². The maximum absolute atomic E-state index is 5.20. The molecule has 0 aliphatic carbocycles. The summed E-state index contributed by atoms with van der Waals surface area (Å²) in [5.41, 5.74) is 2.67. The summed E-state index contributed by atoms with van der Waals surface area (Å²) >= 11 is 0. The van der Waals surface area contributed by atoms with Crippen LogP contribution in [0.2, 0.25) is 0 Å². The van der Waals surface area contributed by atoms with Crippen molar-refractivity contribution in [2.75, 3.05) is 13.2 Å². The monoisotopic (exact) mass is 176 g/mol. The first-order valence-electron chi connectivity index (χ1n) is 4.74. The van der Waals surface area contributed by atoms with Gasteiger partial charge in [0.15, 0.2) is 0 Å². The minimum absolute atomic E-state index is 0.381. The molecule has 3 rings (SSSR count). The van der Waals surface area contributed by atoms with E-state index >= 15 is 0 Å². The zero-order chi connectivity index (χ0) is 8.67. The lowest BCUT2D eigenvalue weighted by atomic mass is 10.1. The molecular weight excluding hydrogens is 164 g/mol. The molecule has 2 unspecified atom stereocenters. The summed E-state index contributed by atoms with van der Waals surface area (Å²) in [4.78, 5) is 0. The number of ether oxygens (including phenoxy) is 2. The normalized spacial score (nSPS) is 30.2. The van der Waals surface area contributed by atoms with Crippen molar-refractivity contribution in [1.82, 2.24) is 0 Å². The first kappa shape index (κ1) is 7.54. The Bertz CT molecular complexity index is 296. The van der Waals surface area contributed by atoms with Crippen LogP contribution < -0.4 is 0 Å². The van der Waals surface area contributed by atoms with E-state index in [1.165, 1.54) is 11.1 Å². The van der Waals surface area contributed by atoms with Crippen LogP contribution in [0.4, 0.5) is 0 Å². The summed E-state index contributed by atoms with van der Waals surface area (Å²) in [6.45, 7) is 1.83. The van der Waals surface area contributed by atoms with Crippen LogP contribution in [0, 0.1) is 0 Å². The SMILES string of the molecule is c1cc(C2CO2)ccc1CC1CO1. The molecule has 0 N–H and O–H groups in total. The summed E-state index contributed by atoms with van der Waals surface area (Å²) in [7, 11) is 0. The van der Waals surface area contributed by atoms with Crippen molar-refractivity contribution in [2.24, 2.45) is 0 Å². The van der Waals surface area contributed by atoms with Gasteiger partial charge in [-0.3, -0.25) is 0 Å². The van der Waals surface area contributed by atoms with E-state index in [1.807, 2.05) is 0 Å². The fourth-order valence-electron chi connectivity index (χ4n) is 1.56. The second kappa shape index (κ2) is 2.82. The third-order valence-corrected chi connectivity index (χ3v) is 2.55. The fraction of sp³-hybridized carbons (Fsp3) is 0.455. The Morgan fingerprint density at radius 2 is 1.77 bits per heavy atom. The van der Waals surface area contributed by atoms with Gasteiger partial charge >= 0.3 is 0 Å². The Morgan fingerprint density at radius 3 is 2.31 bits per heavy atom. The summed E-state index contributed by atoms with van der Waals surface area (Å²) in [6.07, 6.45) is 1.93. The molecule has 2 heterocycles. The zero-order valence-electron chi connectivity index (χ0n) is 7.40. The maximum Gasteiger partial charge on any atom is 0.106 e. The molecular formula is C11H12O2. The molecule has 2 heteroatoms. The molecule has 2 aliphatic heterocycles. The molecule has 68 valence electrons. The molecule has 0 bridgehead atoms. The van der Waals surface area contributed by atoms with E-state index in [-0.39, 0.29) is 0 Å². The van der Waals surface area contributed by atoms with E-state index in [2.05, 4.69) is 24.3 Å². The number of hydrogen-bond donors (Lipinski definition) is 0. The van der Waals surface area contributed by atoms with E-state index in [9.17, 15) is 0 Å². The summed E-state index contributed by atoms with van der Waals surface area (Å²) in [5, 5.41) is 0. The van der Waals surface area contributed by atoms with Crippen molar-refractivity contribution >= 4 is 0 Å². The third kappa shape index (κ3) is 1.74. The highest BCUT2D eigenvalue weighted by Crippen LogP contribution is 2.29. The predicted molar refractivity (Wildman–Crippen MR) is 48.6 cm³/mol. The first-order chi connectivity index (χ1) is 6.42. The van der Waals surface area contributed by atoms with Crippen LogP contribution in [-0.2, 0) is 15.9 Å². The van der Waals surface area contributed by atoms with Gasteiger partial charge in [-0.15, -0.1) is 0 Å². The summed E-state index contributed by atoms with van der Waals surface area (Å²) in [6, 6.07) is 8.68. The van der Waals surface area contributed by atoms with E-state index in [0.29, 0.717) is 12.2 Å². The van der Waals surface area contributed by atoms with Gasteiger partial charge in [-0.05, 0) is 11.1 Å². The average molecular weight is 176 g/mol. The van der Waals surface area contributed by atoms with Gasteiger partial charge in [-0.1, -0.05) is 24.3 Å². The third-order valence-electron chi connectivity index (χ3n) is 2.55. The van der Waals surface area contributed by atoms with Crippen LogP contribution in [0.15, 0.2) is 24.3 Å².